The summed E-state index contributed by atoms with van der Waals surface area (Å²) in [5, 5.41) is 10.6. The Morgan fingerprint density at radius 1 is 1.36 bits per heavy atom. The number of furan rings is 1. The monoisotopic (exact) mass is 397 g/mol. The van der Waals surface area contributed by atoms with Crippen molar-refractivity contribution in [2.24, 2.45) is 10.7 Å². The Bertz CT molecular complexity index is 988. The Morgan fingerprint density at radius 2 is 2.07 bits per heavy atom. The van der Waals surface area contributed by atoms with E-state index in [1.807, 2.05) is 0 Å². The number of hydrogen-bond donors (Lipinski definition) is 1. The summed E-state index contributed by atoms with van der Waals surface area (Å²) in [6.07, 6.45) is -0.352. The number of carbonyl (C=O) groups is 1. The van der Waals surface area contributed by atoms with Crippen LogP contribution < -0.4 is 5.73 Å². The van der Waals surface area contributed by atoms with Gasteiger partial charge < -0.3 is 14.9 Å². The van der Waals surface area contributed by atoms with Crippen LogP contribution in [0.1, 0.15) is 28.6 Å². The molecule has 148 valence electrons. The van der Waals surface area contributed by atoms with E-state index in [1.165, 1.54) is 6.07 Å². The van der Waals surface area contributed by atoms with Gasteiger partial charge in [-0.15, -0.1) is 0 Å². The zero-order chi connectivity index (χ0) is 20.7. The number of ether oxygens (including phenoxy) is 1. The highest BCUT2D eigenvalue weighted by Gasteiger charge is 2.56. The third kappa shape index (κ3) is 3.30. The molecular formula is C17H14F3N3O5. The molecule has 0 saturated carbocycles. The predicted molar refractivity (Wildman–Crippen MR) is 89.7 cm³/mol. The van der Waals surface area contributed by atoms with Crippen LogP contribution in [0.5, 0.6) is 0 Å². The fourth-order valence-corrected chi connectivity index (χ4v) is 2.80. The zero-order valence-electron chi connectivity index (χ0n) is 14.4. The first kappa shape index (κ1) is 19.4. The first-order valence-corrected chi connectivity index (χ1v) is 7.96. The number of nitrogens with two attached hydrogens (primary N) is 1. The molecule has 0 saturated heterocycles. The number of nitrogens with zero attached hydrogens (tertiary/aromatic N) is 2. The molecule has 0 unspecified atom stereocenters. The molecule has 11 heteroatoms. The summed E-state index contributed by atoms with van der Waals surface area (Å²) in [5.41, 5.74) is 2.79. The van der Waals surface area contributed by atoms with Gasteiger partial charge in [0.25, 0.3) is 6.02 Å². The van der Waals surface area contributed by atoms with E-state index in [2.05, 4.69) is 9.73 Å². The summed E-state index contributed by atoms with van der Waals surface area (Å²) in [6, 6.07) is 4.90. The van der Waals surface area contributed by atoms with Crippen molar-refractivity contribution in [1.29, 1.82) is 0 Å². The summed E-state index contributed by atoms with van der Waals surface area (Å²) in [5.74, 6) is -6.03. The molecule has 0 radical (unpaired) electrons. The van der Waals surface area contributed by atoms with Gasteiger partial charge in [-0.25, -0.2) is 9.38 Å². The maximum Gasteiger partial charge on any atom is 0.433 e. The van der Waals surface area contributed by atoms with Gasteiger partial charge in [0.2, 0.25) is 5.78 Å². The molecule has 1 aromatic heterocycles. The van der Waals surface area contributed by atoms with Gasteiger partial charge in [-0.3, -0.25) is 14.9 Å². The van der Waals surface area contributed by atoms with Gasteiger partial charge in [-0.05, 0) is 30.7 Å². The summed E-state index contributed by atoms with van der Waals surface area (Å²) in [7, 11) is 0. The molecule has 3 rings (SSSR count). The van der Waals surface area contributed by atoms with E-state index >= 15 is 0 Å². The van der Waals surface area contributed by atoms with Crippen LogP contribution in [-0.4, -0.2) is 29.3 Å². The maximum absolute atomic E-state index is 14.4. The number of alkyl halides is 2. The van der Waals surface area contributed by atoms with E-state index < -0.39 is 52.1 Å². The second kappa shape index (κ2) is 6.66. The van der Waals surface area contributed by atoms with E-state index in [0.29, 0.717) is 0 Å². The lowest BCUT2D eigenvalue weighted by atomic mass is 9.84. The average molecular weight is 397 g/mol. The largest absolute Gasteiger partial charge is 0.459 e. The quantitative estimate of drug-likeness (QED) is 0.470. The van der Waals surface area contributed by atoms with Crippen LogP contribution >= 0.6 is 0 Å². The predicted octanol–water partition coefficient (Wildman–Crippen LogP) is 2.95. The molecule has 1 atom stereocenters. The lowest BCUT2D eigenvalue weighted by molar-refractivity contribution is -0.402. The number of hydrogen-bond acceptors (Lipinski definition) is 7. The van der Waals surface area contributed by atoms with Crippen molar-refractivity contribution in [2.45, 2.75) is 24.8 Å². The molecule has 0 aliphatic carbocycles. The summed E-state index contributed by atoms with van der Waals surface area (Å²) in [6.45, 7) is -0.0558. The summed E-state index contributed by atoms with van der Waals surface area (Å²) >= 11 is 0. The average Bonchev–Trinajstić information content (AvgIpc) is 3.11. The second-order valence-corrected chi connectivity index (χ2v) is 6.32. The highest BCUT2D eigenvalue weighted by Crippen LogP contribution is 2.44. The molecule has 2 aromatic rings. The smallest absolute Gasteiger partial charge is 0.433 e. The first-order chi connectivity index (χ1) is 13.0. The number of aliphatic imine (C=N–C) groups is 1. The van der Waals surface area contributed by atoms with Crippen LogP contribution in [0.15, 0.2) is 39.7 Å². The highest BCUT2D eigenvalue weighted by atomic mass is 19.3. The fourth-order valence-electron chi connectivity index (χ4n) is 2.80. The lowest BCUT2D eigenvalue weighted by Crippen LogP contribution is -2.51. The lowest BCUT2D eigenvalue weighted by Gasteiger charge is -2.37. The van der Waals surface area contributed by atoms with E-state index in [1.54, 1.807) is 0 Å². The van der Waals surface area contributed by atoms with Crippen LogP contribution in [0, 0.1) is 15.9 Å². The van der Waals surface area contributed by atoms with Crippen molar-refractivity contribution in [2.75, 3.05) is 6.61 Å². The third-order valence-corrected chi connectivity index (χ3v) is 4.41. The van der Waals surface area contributed by atoms with Crippen LogP contribution in [-0.2, 0) is 16.7 Å². The second-order valence-electron chi connectivity index (χ2n) is 6.32. The standard InChI is InChI=1S/C17H14F3N3O5/c1-16(17(19,20)8-27-15(21)22-16)10-6-9(2-3-11(10)18)7-12(24)13-4-5-14(28-13)23(25)26/h2-6H,7-8H2,1H3,(H2,21,22)/t16-/m1/s1. The van der Waals surface area contributed by atoms with Crippen molar-refractivity contribution in [3.63, 3.8) is 0 Å². The Kier molecular flexibility index (Phi) is 4.61. The SMILES string of the molecule is C[C@]1(c2cc(CC(=O)c3ccc([N+](=O)[O-])o3)ccc2F)N=C(N)OCC1(F)F. The number of amidine groups is 1. The Hall–Kier alpha value is -3.37. The molecule has 1 aliphatic rings. The first-order valence-electron chi connectivity index (χ1n) is 7.96. The number of nitro groups is 1. The van der Waals surface area contributed by atoms with E-state index in [0.717, 1.165) is 31.2 Å². The third-order valence-electron chi connectivity index (χ3n) is 4.41. The van der Waals surface area contributed by atoms with Gasteiger partial charge in [-0.2, -0.15) is 8.78 Å². The van der Waals surface area contributed by atoms with Crippen molar-refractivity contribution in [3.05, 3.63) is 63.2 Å². The van der Waals surface area contributed by atoms with Gasteiger partial charge in [-0.1, -0.05) is 6.07 Å². The highest BCUT2D eigenvalue weighted by molar-refractivity contribution is 5.95. The van der Waals surface area contributed by atoms with Crippen LogP contribution in [0.4, 0.5) is 19.1 Å². The van der Waals surface area contributed by atoms with Crippen LogP contribution in [0.3, 0.4) is 0 Å². The van der Waals surface area contributed by atoms with Crippen molar-refractivity contribution >= 4 is 17.7 Å². The van der Waals surface area contributed by atoms with Crippen molar-refractivity contribution < 1.29 is 32.0 Å². The van der Waals surface area contributed by atoms with Crippen LogP contribution in [0.2, 0.25) is 0 Å². The molecular weight excluding hydrogens is 383 g/mol. The van der Waals surface area contributed by atoms with Crippen molar-refractivity contribution in [3.8, 4) is 0 Å². The molecule has 1 aromatic carbocycles. The van der Waals surface area contributed by atoms with Gasteiger partial charge >= 0.3 is 11.8 Å². The van der Waals surface area contributed by atoms with E-state index in [-0.39, 0.29) is 17.7 Å². The Morgan fingerprint density at radius 3 is 2.71 bits per heavy atom. The zero-order valence-corrected chi connectivity index (χ0v) is 14.4. The van der Waals surface area contributed by atoms with E-state index in [9.17, 15) is 28.1 Å². The number of benzene rings is 1. The fraction of sp³-hybridized carbons (Fsp3) is 0.294. The molecule has 8 nitrogen and oxygen atoms in total. The minimum absolute atomic E-state index is 0.192. The molecule has 2 heterocycles. The number of rotatable bonds is 5. The van der Waals surface area contributed by atoms with Gasteiger partial charge in [0.15, 0.2) is 17.9 Å². The molecule has 0 fully saturated rings. The van der Waals surface area contributed by atoms with Crippen LogP contribution in [0.25, 0.3) is 0 Å². The van der Waals surface area contributed by atoms with E-state index in [4.69, 9.17) is 10.2 Å². The van der Waals surface area contributed by atoms with Gasteiger partial charge in [0, 0.05) is 12.0 Å². The Labute approximate surface area is 155 Å². The van der Waals surface area contributed by atoms with Gasteiger partial charge in [0.1, 0.15) is 10.7 Å². The van der Waals surface area contributed by atoms with Gasteiger partial charge in [0.05, 0.1) is 6.07 Å². The molecule has 0 bridgehead atoms. The number of ketones is 1. The summed E-state index contributed by atoms with van der Waals surface area (Å²) in [4.78, 5) is 25.7. The Balaban J connectivity index is 1.94. The minimum atomic E-state index is -3.55. The van der Waals surface area contributed by atoms with Crippen molar-refractivity contribution in [1.82, 2.24) is 0 Å². The molecule has 0 spiro atoms. The number of Topliss-reactive ketones (excluding diaryl/α,β-unsaturated/α-hetero) is 1. The minimum Gasteiger partial charge on any atom is -0.459 e. The number of halogens is 3. The summed E-state index contributed by atoms with van der Waals surface area (Å²) < 4.78 is 52.6. The topological polar surface area (TPSA) is 121 Å². The molecule has 0 amide bonds. The molecule has 2 N–H and O–H groups in total. The maximum atomic E-state index is 14.4. The normalized spacial score (nSPS) is 20.9. The number of carbonyl (C=O) groups excluding carboxylic acids is 1. The molecule has 1 aliphatic heterocycles. The molecule has 28 heavy (non-hydrogen) atoms.